The van der Waals surface area contributed by atoms with E-state index in [0.717, 1.165) is 34.2 Å². The molecule has 4 heteroatoms. The lowest BCUT2D eigenvalue weighted by Gasteiger charge is -2.13. The number of pyridine rings is 2. The van der Waals surface area contributed by atoms with Gasteiger partial charge in [-0.25, -0.2) is 15.0 Å². The highest BCUT2D eigenvalue weighted by molar-refractivity contribution is 5.87. The number of hydrogen-bond donors (Lipinski definition) is 0. The maximum Gasteiger partial charge on any atom is 0.163 e. The third-order valence-corrected chi connectivity index (χ3v) is 5.23. The Bertz CT molecular complexity index is 1120. The average Bonchev–Trinajstić information content (AvgIpc) is 2.71. The molecule has 0 aliphatic heterocycles. The van der Waals surface area contributed by atoms with Crippen molar-refractivity contribution < 1.29 is 0 Å². The topological polar surface area (TPSA) is 51.6 Å². The van der Waals surface area contributed by atoms with Gasteiger partial charge in [0.1, 0.15) is 0 Å². The normalized spacial score (nSPS) is 12.8. The molecule has 0 bridgehead atoms. The number of benzene rings is 1. The van der Waals surface area contributed by atoms with E-state index in [2.05, 4.69) is 61.9 Å². The minimum atomic E-state index is 0.300. The Kier molecular flexibility index (Phi) is 4.56. The van der Waals surface area contributed by atoms with Gasteiger partial charge in [-0.15, -0.1) is 0 Å². The van der Waals surface area contributed by atoms with E-state index in [9.17, 15) is 0 Å². The van der Waals surface area contributed by atoms with Gasteiger partial charge in [0.05, 0.1) is 11.2 Å². The lowest BCUT2D eigenvalue weighted by Crippen LogP contribution is -2.01. The second-order valence-electron chi connectivity index (χ2n) is 7.40. The number of aromatic nitrogens is 4. The molecule has 0 fully saturated rings. The van der Waals surface area contributed by atoms with Crippen LogP contribution in [0.4, 0.5) is 0 Å². The SMILES string of the molecule is CCC(C)c1ccnc2cc(-c3nc(C(C)C)c4cccnc4n3)ccc12. The van der Waals surface area contributed by atoms with Gasteiger partial charge in [-0.3, -0.25) is 4.98 Å². The predicted octanol–water partition coefficient (Wildman–Crippen LogP) is 5.88. The van der Waals surface area contributed by atoms with Crippen molar-refractivity contribution in [1.29, 1.82) is 0 Å². The van der Waals surface area contributed by atoms with Crippen molar-refractivity contribution in [1.82, 2.24) is 19.9 Å². The molecule has 0 radical (unpaired) electrons. The number of nitrogens with zero attached hydrogens (tertiary/aromatic N) is 4. The minimum Gasteiger partial charge on any atom is -0.256 e. The van der Waals surface area contributed by atoms with Crippen LogP contribution >= 0.6 is 0 Å². The first kappa shape index (κ1) is 17.5. The standard InChI is InChI=1S/C23H24N4/c1-5-15(4)17-10-12-24-20-13-16(8-9-18(17)20)22-26-21(14(2)3)19-7-6-11-25-23(19)27-22/h6-15H,5H2,1-4H3. The highest BCUT2D eigenvalue weighted by Gasteiger charge is 2.14. The third kappa shape index (κ3) is 3.16. The monoisotopic (exact) mass is 356 g/mol. The van der Waals surface area contributed by atoms with Gasteiger partial charge < -0.3 is 0 Å². The first-order chi connectivity index (χ1) is 13.1. The molecule has 0 spiro atoms. The summed E-state index contributed by atoms with van der Waals surface area (Å²) in [6.45, 7) is 8.78. The summed E-state index contributed by atoms with van der Waals surface area (Å²) in [6, 6.07) is 12.5. The van der Waals surface area contributed by atoms with Crippen LogP contribution in [-0.2, 0) is 0 Å². The minimum absolute atomic E-state index is 0.300. The van der Waals surface area contributed by atoms with E-state index in [1.807, 2.05) is 18.3 Å². The van der Waals surface area contributed by atoms with Crippen LogP contribution in [-0.4, -0.2) is 19.9 Å². The molecule has 4 aromatic rings. The Morgan fingerprint density at radius 1 is 0.889 bits per heavy atom. The van der Waals surface area contributed by atoms with Crippen molar-refractivity contribution in [2.75, 3.05) is 0 Å². The molecule has 27 heavy (non-hydrogen) atoms. The molecular formula is C23H24N4. The van der Waals surface area contributed by atoms with E-state index >= 15 is 0 Å². The van der Waals surface area contributed by atoms with Crippen LogP contribution in [0.2, 0.25) is 0 Å². The average molecular weight is 356 g/mol. The van der Waals surface area contributed by atoms with Crippen molar-refractivity contribution >= 4 is 21.9 Å². The van der Waals surface area contributed by atoms with Crippen molar-refractivity contribution in [2.24, 2.45) is 0 Å². The second kappa shape index (κ2) is 7.03. The van der Waals surface area contributed by atoms with Gasteiger partial charge in [0.25, 0.3) is 0 Å². The molecule has 0 amide bonds. The van der Waals surface area contributed by atoms with Crippen molar-refractivity contribution in [3.8, 4) is 11.4 Å². The molecule has 1 aromatic carbocycles. The van der Waals surface area contributed by atoms with Gasteiger partial charge in [0, 0.05) is 28.7 Å². The summed E-state index contributed by atoms with van der Waals surface area (Å²) in [6.07, 6.45) is 4.79. The molecule has 4 rings (SSSR count). The van der Waals surface area contributed by atoms with Gasteiger partial charge >= 0.3 is 0 Å². The Morgan fingerprint density at radius 3 is 2.52 bits per heavy atom. The zero-order valence-electron chi connectivity index (χ0n) is 16.3. The fourth-order valence-corrected chi connectivity index (χ4v) is 3.51. The lowest BCUT2D eigenvalue weighted by molar-refractivity contribution is 0.739. The van der Waals surface area contributed by atoms with Gasteiger partial charge in [-0.05, 0) is 48.1 Å². The van der Waals surface area contributed by atoms with Crippen LogP contribution in [0.1, 0.15) is 57.2 Å². The first-order valence-corrected chi connectivity index (χ1v) is 9.60. The number of hydrogen-bond acceptors (Lipinski definition) is 4. The zero-order chi connectivity index (χ0) is 19.0. The van der Waals surface area contributed by atoms with Crippen LogP contribution < -0.4 is 0 Å². The summed E-state index contributed by atoms with van der Waals surface area (Å²) in [5, 5.41) is 2.23. The predicted molar refractivity (Wildman–Crippen MR) is 111 cm³/mol. The maximum atomic E-state index is 4.87. The summed E-state index contributed by atoms with van der Waals surface area (Å²) in [7, 11) is 0. The van der Waals surface area contributed by atoms with E-state index < -0.39 is 0 Å². The zero-order valence-corrected chi connectivity index (χ0v) is 16.3. The van der Waals surface area contributed by atoms with E-state index in [1.165, 1.54) is 10.9 Å². The Balaban J connectivity index is 1.90. The molecule has 0 aliphatic rings. The maximum absolute atomic E-state index is 4.87. The van der Waals surface area contributed by atoms with E-state index in [0.29, 0.717) is 17.7 Å². The molecule has 3 aromatic heterocycles. The van der Waals surface area contributed by atoms with Crippen LogP contribution in [0, 0.1) is 0 Å². The molecule has 0 saturated heterocycles. The van der Waals surface area contributed by atoms with Gasteiger partial charge in [0.2, 0.25) is 0 Å². The van der Waals surface area contributed by atoms with E-state index in [4.69, 9.17) is 9.97 Å². The van der Waals surface area contributed by atoms with Crippen LogP contribution in [0.3, 0.4) is 0 Å². The molecule has 4 nitrogen and oxygen atoms in total. The second-order valence-corrected chi connectivity index (χ2v) is 7.40. The fraction of sp³-hybridized carbons (Fsp3) is 0.304. The largest absolute Gasteiger partial charge is 0.256 e. The summed E-state index contributed by atoms with van der Waals surface area (Å²) in [5.41, 5.74) is 5.09. The van der Waals surface area contributed by atoms with Crippen molar-refractivity contribution in [2.45, 2.75) is 46.0 Å². The number of rotatable bonds is 4. The Hall–Kier alpha value is -2.88. The van der Waals surface area contributed by atoms with Crippen molar-refractivity contribution in [3.63, 3.8) is 0 Å². The Morgan fingerprint density at radius 2 is 1.74 bits per heavy atom. The molecule has 0 aliphatic carbocycles. The highest BCUT2D eigenvalue weighted by Crippen LogP contribution is 2.30. The van der Waals surface area contributed by atoms with Crippen LogP contribution in [0.25, 0.3) is 33.3 Å². The summed E-state index contributed by atoms with van der Waals surface area (Å²) < 4.78 is 0. The number of fused-ring (bicyclic) bond motifs is 2. The van der Waals surface area contributed by atoms with Gasteiger partial charge in [-0.1, -0.05) is 39.8 Å². The molecular weight excluding hydrogens is 332 g/mol. The van der Waals surface area contributed by atoms with Gasteiger partial charge in [0.15, 0.2) is 11.5 Å². The molecule has 1 atom stereocenters. The van der Waals surface area contributed by atoms with Crippen LogP contribution in [0.5, 0.6) is 0 Å². The lowest BCUT2D eigenvalue weighted by atomic mass is 9.94. The smallest absolute Gasteiger partial charge is 0.163 e. The quantitative estimate of drug-likeness (QED) is 0.458. The molecule has 0 N–H and O–H groups in total. The molecule has 1 unspecified atom stereocenters. The fourth-order valence-electron chi connectivity index (χ4n) is 3.51. The van der Waals surface area contributed by atoms with Crippen molar-refractivity contribution in [3.05, 3.63) is 60.0 Å². The first-order valence-electron chi connectivity index (χ1n) is 9.60. The third-order valence-electron chi connectivity index (χ3n) is 5.23. The van der Waals surface area contributed by atoms with Gasteiger partial charge in [-0.2, -0.15) is 0 Å². The highest BCUT2D eigenvalue weighted by atomic mass is 14.9. The van der Waals surface area contributed by atoms with Crippen LogP contribution in [0.15, 0.2) is 48.8 Å². The van der Waals surface area contributed by atoms with E-state index in [-0.39, 0.29) is 0 Å². The summed E-state index contributed by atoms with van der Waals surface area (Å²) in [4.78, 5) is 18.6. The molecule has 3 heterocycles. The Labute approximate surface area is 159 Å². The molecule has 0 saturated carbocycles. The molecule has 136 valence electrons. The summed E-state index contributed by atoms with van der Waals surface area (Å²) >= 11 is 0. The summed E-state index contributed by atoms with van der Waals surface area (Å²) in [5.74, 6) is 1.52. The van der Waals surface area contributed by atoms with E-state index in [1.54, 1.807) is 6.20 Å².